The maximum Gasteiger partial charge on any atom is 0.330 e. The number of rotatable bonds is 3. The summed E-state index contributed by atoms with van der Waals surface area (Å²) in [6, 6.07) is -1.37. The maximum absolute atomic E-state index is 12.4. The fourth-order valence-electron chi connectivity index (χ4n) is 2.90. The fraction of sp³-hybridized carbons (Fsp3) is 0.688. The fourth-order valence-corrected chi connectivity index (χ4v) is 2.90. The van der Waals surface area contributed by atoms with Crippen LogP contribution in [0.15, 0.2) is 12.2 Å². The van der Waals surface area contributed by atoms with Crippen molar-refractivity contribution in [1.29, 1.82) is 0 Å². The van der Waals surface area contributed by atoms with E-state index in [2.05, 4.69) is 10.6 Å². The lowest BCUT2D eigenvalue weighted by Crippen LogP contribution is -2.55. The molecule has 3 amide bonds. The van der Waals surface area contributed by atoms with Gasteiger partial charge in [0.05, 0.1) is 0 Å². The zero-order valence-corrected chi connectivity index (χ0v) is 13.8. The Kier molecular flexibility index (Phi) is 5.82. The Hall–Kier alpha value is -2.09. The molecule has 0 spiro atoms. The molecule has 0 radical (unpaired) electrons. The van der Waals surface area contributed by atoms with E-state index in [4.69, 9.17) is 5.11 Å². The highest BCUT2D eigenvalue weighted by Crippen LogP contribution is 2.45. The molecule has 1 aliphatic heterocycles. The minimum atomic E-state index is -1.30. The third kappa shape index (κ3) is 4.05. The number of urea groups is 1. The second-order valence-corrected chi connectivity index (χ2v) is 6.44. The number of fused-ring (bicyclic) bond motifs is 1. The molecule has 2 rings (SSSR count). The van der Waals surface area contributed by atoms with E-state index in [-0.39, 0.29) is 18.9 Å². The van der Waals surface area contributed by atoms with Gasteiger partial charge in [-0.15, -0.1) is 0 Å². The SMILES string of the molecule is CN1CCCC/C=C/C2CC2(C(=O)O)NC(=O)C(CCO)NC1=O. The van der Waals surface area contributed by atoms with Gasteiger partial charge in [0.15, 0.2) is 0 Å². The van der Waals surface area contributed by atoms with Gasteiger partial charge < -0.3 is 25.7 Å². The maximum atomic E-state index is 12.4. The van der Waals surface area contributed by atoms with E-state index in [0.717, 1.165) is 19.3 Å². The summed E-state index contributed by atoms with van der Waals surface area (Å²) in [5.74, 6) is -1.90. The average Bonchev–Trinajstić information content (AvgIpc) is 3.23. The van der Waals surface area contributed by atoms with Crippen LogP contribution in [-0.2, 0) is 9.59 Å². The number of nitrogens with zero attached hydrogens (tertiary/aromatic N) is 1. The molecule has 1 saturated carbocycles. The van der Waals surface area contributed by atoms with E-state index in [0.29, 0.717) is 13.0 Å². The summed E-state index contributed by atoms with van der Waals surface area (Å²) < 4.78 is 0. The normalized spacial score (nSPS) is 32.8. The number of hydrogen-bond acceptors (Lipinski definition) is 4. The molecule has 0 saturated heterocycles. The van der Waals surface area contributed by atoms with Crippen molar-refractivity contribution >= 4 is 17.9 Å². The summed E-state index contributed by atoms with van der Waals surface area (Å²) in [7, 11) is 1.64. The van der Waals surface area contributed by atoms with Crippen LogP contribution >= 0.6 is 0 Å². The Morgan fingerprint density at radius 3 is 2.83 bits per heavy atom. The monoisotopic (exact) mass is 339 g/mol. The van der Waals surface area contributed by atoms with Crippen LogP contribution in [0.2, 0.25) is 0 Å². The quantitative estimate of drug-likeness (QED) is 0.543. The molecular formula is C16H25N3O5. The van der Waals surface area contributed by atoms with E-state index < -0.39 is 29.5 Å². The molecule has 1 fully saturated rings. The molecule has 4 N–H and O–H groups in total. The van der Waals surface area contributed by atoms with Crippen molar-refractivity contribution in [1.82, 2.24) is 15.5 Å². The summed E-state index contributed by atoms with van der Waals surface area (Å²) in [5.41, 5.74) is -1.30. The van der Waals surface area contributed by atoms with Crippen LogP contribution in [0.3, 0.4) is 0 Å². The third-order valence-corrected chi connectivity index (χ3v) is 4.60. The molecule has 3 unspecified atom stereocenters. The van der Waals surface area contributed by atoms with Crippen LogP contribution in [0, 0.1) is 5.92 Å². The number of nitrogens with one attached hydrogen (secondary N) is 2. The van der Waals surface area contributed by atoms with Gasteiger partial charge in [-0.25, -0.2) is 9.59 Å². The van der Waals surface area contributed by atoms with E-state index >= 15 is 0 Å². The van der Waals surface area contributed by atoms with Crippen LogP contribution in [0.5, 0.6) is 0 Å². The largest absolute Gasteiger partial charge is 0.479 e. The molecule has 1 heterocycles. The van der Waals surface area contributed by atoms with Gasteiger partial charge >= 0.3 is 12.0 Å². The van der Waals surface area contributed by atoms with E-state index in [1.807, 2.05) is 12.2 Å². The number of amides is 3. The van der Waals surface area contributed by atoms with Gasteiger partial charge in [-0.1, -0.05) is 12.2 Å². The number of aliphatic hydroxyl groups is 1. The van der Waals surface area contributed by atoms with Gasteiger partial charge in [-0.05, 0) is 32.1 Å². The van der Waals surface area contributed by atoms with Crippen LogP contribution in [0.1, 0.15) is 32.1 Å². The third-order valence-electron chi connectivity index (χ3n) is 4.60. The first-order valence-corrected chi connectivity index (χ1v) is 8.25. The second kappa shape index (κ2) is 7.65. The molecule has 2 aliphatic rings. The Morgan fingerprint density at radius 1 is 1.42 bits per heavy atom. The van der Waals surface area contributed by atoms with Crippen molar-refractivity contribution in [2.75, 3.05) is 20.2 Å². The number of carboxylic acids is 1. The summed E-state index contributed by atoms with van der Waals surface area (Å²) >= 11 is 0. The lowest BCUT2D eigenvalue weighted by molar-refractivity contribution is -0.143. The van der Waals surface area contributed by atoms with Gasteiger partial charge in [-0.3, -0.25) is 4.79 Å². The predicted octanol–water partition coefficient (Wildman–Crippen LogP) is 0.0784. The first kappa shape index (κ1) is 18.3. The van der Waals surface area contributed by atoms with E-state index in [9.17, 15) is 19.5 Å². The van der Waals surface area contributed by atoms with E-state index in [1.165, 1.54) is 4.90 Å². The number of aliphatic carboxylic acids is 1. The Bertz CT molecular complexity index is 536. The van der Waals surface area contributed by atoms with E-state index in [1.54, 1.807) is 7.05 Å². The van der Waals surface area contributed by atoms with Crippen molar-refractivity contribution in [3.8, 4) is 0 Å². The molecule has 8 heteroatoms. The van der Waals surface area contributed by atoms with Crippen LogP contribution < -0.4 is 10.6 Å². The molecule has 0 bridgehead atoms. The Labute approximate surface area is 140 Å². The number of allylic oxidation sites excluding steroid dienone is 1. The second-order valence-electron chi connectivity index (χ2n) is 6.44. The predicted molar refractivity (Wildman–Crippen MR) is 86.3 cm³/mol. The number of hydrogen-bond donors (Lipinski definition) is 4. The molecule has 0 aromatic rings. The molecule has 3 atom stereocenters. The number of aliphatic hydroxyl groups excluding tert-OH is 1. The number of carboxylic acid groups (broad SMARTS) is 1. The summed E-state index contributed by atoms with van der Waals surface area (Å²) in [6.07, 6.45) is 6.68. The zero-order valence-electron chi connectivity index (χ0n) is 13.8. The van der Waals surface area contributed by atoms with Gasteiger partial charge in [0, 0.05) is 26.1 Å². The van der Waals surface area contributed by atoms with Gasteiger partial charge in [-0.2, -0.15) is 0 Å². The van der Waals surface area contributed by atoms with Gasteiger partial charge in [0.25, 0.3) is 0 Å². The Balaban J connectivity index is 2.19. The first-order valence-electron chi connectivity index (χ1n) is 8.25. The van der Waals surface area contributed by atoms with Gasteiger partial charge in [0.1, 0.15) is 11.6 Å². The molecule has 0 aromatic carbocycles. The molecule has 134 valence electrons. The lowest BCUT2D eigenvalue weighted by Gasteiger charge is -2.24. The molecule has 24 heavy (non-hydrogen) atoms. The summed E-state index contributed by atoms with van der Waals surface area (Å²) in [5, 5.41) is 23.7. The highest BCUT2D eigenvalue weighted by atomic mass is 16.4. The molecular weight excluding hydrogens is 314 g/mol. The van der Waals surface area contributed by atoms with Crippen molar-refractivity contribution in [2.45, 2.75) is 43.7 Å². The van der Waals surface area contributed by atoms with Crippen molar-refractivity contribution < 1.29 is 24.6 Å². The van der Waals surface area contributed by atoms with Crippen LogP contribution in [0.4, 0.5) is 4.79 Å². The van der Waals surface area contributed by atoms with Crippen molar-refractivity contribution in [2.24, 2.45) is 5.92 Å². The molecule has 0 aromatic heterocycles. The Morgan fingerprint density at radius 2 is 2.17 bits per heavy atom. The minimum Gasteiger partial charge on any atom is -0.479 e. The summed E-state index contributed by atoms with van der Waals surface area (Å²) in [6.45, 7) is 0.279. The minimum absolute atomic E-state index is 0.0294. The first-order chi connectivity index (χ1) is 11.4. The molecule has 1 aliphatic carbocycles. The van der Waals surface area contributed by atoms with Crippen molar-refractivity contribution in [3.63, 3.8) is 0 Å². The number of carbonyl (C=O) groups is 3. The highest BCUT2D eigenvalue weighted by Gasteiger charge is 2.60. The lowest BCUT2D eigenvalue weighted by atomic mass is 10.1. The smallest absolute Gasteiger partial charge is 0.330 e. The zero-order chi connectivity index (χ0) is 17.7. The van der Waals surface area contributed by atoms with Crippen LogP contribution in [-0.4, -0.2) is 64.8 Å². The topological polar surface area (TPSA) is 119 Å². The summed E-state index contributed by atoms with van der Waals surface area (Å²) in [4.78, 5) is 37.7. The van der Waals surface area contributed by atoms with Gasteiger partial charge in [0.2, 0.25) is 5.91 Å². The van der Waals surface area contributed by atoms with Crippen molar-refractivity contribution in [3.05, 3.63) is 12.2 Å². The average molecular weight is 339 g/mol. The highest BCUT2D eigenvalue weighted by molar-refractivity contribution is 5.94. The number of carbonyl (C=O) groups excluding carboxylic acids is 2. The standard InChI is InChI=1S/C16H25N3O5/c1-19-8-5-3-2-4-6-11-10-16(11,14(22)23)18-13(21)12(7-9-20)17-15(19)24/h4,6,11-12,20H,2-3,5,7-10H2,1H3,(H,17,24)(H,18,21)(H,22,23)/b6-4+. The molecule has 8 nitrogen and oxygen atoms in total. The van der Waals surface area contributed by atoms with Crippen LogP contribution in [0.25, 0.3) is 0 Å².